The Bertz CT molecular complexity index is 1530. The van der Waals surface area contributed by atoms with Crippen LogP contribution in [-0.4, -0.2) is 70.2 Å². The highest BCUT2D eigenvalue weighted by atomic mass is 19.3. The lowest BCUT2D eigenvalue weighted by Gasteiger charge is -2.45. The molecular weight excluding hydrogens is 506 g/mol. The maximum Gasteiger partial charge on any atom is 0.387 e. The molecule has 2 N–H and O–H groups in total. The van der Waals surface area contributed by atoms with Gasteiger partial charge in [0, 0.05) is 56.4 Å². The lowest BCUT2D eigenvalue weighted by Crippen LogP contribution is -2.57. The van der Waals surface area contributed by atoms with E-state index in [2.05, 4.69) is 37.1 Å². The molecule has 1 aromatic carbocycles. The van der Waals surface area contributed by atoms with Crippen molar-refractivity contribution in [2.24, 2.45) is 7.05 Å². The molecule has 0 aliphatic carbocycles. The number of carbonyl (C=O) groups excluding carboxylic acids is 1. The number of carbonyl (C=O) groups is 1. The summed E-state index contributed by atoms with van der Waals surface area (Å²) in [6.07, 6.45) is 6.33. The number of aromatic nitrogens is 4. The van der Waals surface area contributed by atoms with Gasteiger partial charge < -0.3 is 29.7 Å². The van der Waals surface area contributed by atoms with Gasteiger partial charge in [-0.15, -0.1) is 0 Å². The highest BCUT2D eigenvalue weighted by Gasteiger charge is 2.31. The van der Waals surface area contributed by atoms with Gasteiger partial charge in [0.1, 0.15) is 0 Å². The van der Waals surface area contributed by atoms with Gasteiger partial charge in [0.25, 0.3) is 0 Å². The van der Waals surface area contributed by atoms with Crippen LogP contribution in [0, 0.1) is 0 Å². The number of hydrogen-bond donors (Lipinski definition) is 2. The van der Waals surface area contributed by atoms with E-state index in [0.717, 1.165) is 22.7 Å². The van der Waals surface area contributed by atoms with Gasteiger partial charge in [0.05, 0.1) is 33.8 Å². The molecule has 0 spiro atoms. The lowest BCUT2D eigenvalue weighted by atomic mass is 10.0. The zero-order chi connectivity index (χ0) is 27.7. The van der Waals surface area contributed by atoms with Gasteiger partial charge in [-0.05, 0) is 44.4 Å². The van der Waals surface area contributed by atoms with Crippen LogP contribution in [0.15, 0.2) is 61.6 Å². The molecule has 1 fully saturated rings. The summed E-state index contributed by atoms with van der Waals surface area (Å²) in [5.41, 5.74) is 4.24. The fourth-order valence-corrected chi connectivity index (χ4v) is 4.47. The van der Waals surface area contributed by atoms with Crippen molar-refractivity contribution in [1.82, 2.24) is 24.4 Å². The second-order valence-corrected chi connectivity index (χ2v) is 9.38. The summed E-state index contributed by atoms with van der Waals surface area (Å²) in [7, 11) is 5.87. The van der Waals surface area contributed by atoms with Crippen LogP contribution in [0.3, 0.4) is 0 Å². The SMILES string of the molecule is C=CC(=O)Nc1cc(Nc2nccc(-c3cn(C)c4cccnc34)n2)c(OC(F)F)cc1N1CC(N(C)C)C1. The van der Waals surface area contributed by atoms with Gasteiger partial charge >= 0.3 is 6.61 Å². The zero-order valence-corrected chi connectivity index (χ0v) is 21.7. The number of nitrogens with one attached hydrogen (secondary N) is 2. The van der Waals surface area contributed by atoms with Crippen molar-refractivity contribution in [2.45, 2.75) is 12.7 Å². The molecule has 4 aromatic rings. The Labute approximate surface area is 223 Å². The van der Waals surface area contributed by atoms with E-state index in [1.54, 1.807) is 18.5 Å². The number of halogens is 2. The molecule has 3 aromatic heterocycles. The van der Waals surface area contributed by atoms with Crippen molar-refractivity contribution in [3.63, 3.8) is 0 Å². The van der Waals surface area contributed by atoms with E-state index in [4.69, 9.17) is 4.74 Å². The second-order valence-electron chi connectivity index (χ2n) is 9.38. The van der Waals surface area contributed by atoms with E-state index in [-0.39, 0.29) is 17.4 Å². The van der Waals surface area contributed by atoms with Crippen LogP contribution in [0.1, 0.15) is 0 Å². The normalized spacial score (nSPS) is 13.6. The van der Waals surface area contributed by atoms with E-state index in [0.29, 0.717) is 36.2 Å². The molecule has 12 heteroatoms. The zero-order valence-electron chi connectivity index (χ0n) is 21.7. The summed E-state index contributed by atoms with van der Waals surface area (Å²) in [6.45, 7) is 1.77. The maximum absolute atomic E-state index is 13.4. The summed E-state index contributed by atoms with van der Waals surface area (Å²) < 4.78 is 33.7. The third-order valence-corrected chi connectivity index (χ3v) is 6.61. The van der Waals surface area contributed by atoms with Gasteiger partial charge in [0.15, 0.2) is 5.75 Å². The average molecular weight is 535 g/mol. The number of rotatable bonds is 9. The third-order valence-electron chi connectivity index (χ3n) is 6.61. The number of alkyl halides is 2. The van der Waals surface area contributed by atoms with Crippen LogP contribution in [0.5, 0.6) is 5.75 Å². The number of pyridine rings is 1. The molecule has 0 saturated carbocycles. The van der Waals surface area contributed by atoms with Gasteiger partial charge in [0.2, 0.25) is 11.9 Å². The number of hydrogen-bond acceptors (Lipinski definition) is 8. The van der Waals surface area contributed by atoms with E-state index in [9.17, 15) is 13.6 Å². The number of aryl methyl sites for hydroxylation is 1. The van der Waals surface area contributed by atoms with Crippen molar-refractivity contribution in [3.8, 4) is 17.0 Å². The largest absolute Gasteiger partial charge is 0.433 e. The van der Waals surface area contributed by atoms with Gasteiger partial charge in [-0.25, -0.2) is 9.97 Å². The minimum Gasteiger partial charge on any atom is -0.433 e. The van der Waals surface area contributed by atoms with Crippen molar-refractivity contribution in [3.05, 3.63) is 61.6 Å². The standard InChI is InChI=1S/C27H28F2N8O2/c1-5-24(38)32-19-11-20(23(39-26(28)29)12-22(19)37-13-16(14-37)35(2)3)34-27-31-10-8-18(33-27)17-15-36(4)21-7-6-9-30-25(17)21/h5-12,15-16,26H,1,13-14H2,2-4H3,(H,32,38)(H,31,33,34). The number of benzene rings is 1. The molecule has 4 heterocycles. The number of likely N-dealkylation sites (N-methyl/N-ethyl adjacent to an activating group) is 1. The van der Waals surface area contributed by atoms with Crippen LogP contribution in [0.4, 0.5) is 31.8 Å². The molecule has 39 heavy (non-hydrogen) atoms. The van der Waals surface area contributed by atoms with Crippen LogP contribution >= 0.6 is 0 Å². The molecule has 1 aliphatic rings. The number of amides is 1. The minimum atomic E-state index is -3.06. The van der Waals surface area contributed by atoms with Crippen LogP contribution in [0.2, 0.25) is 0 Å². The highest BCUT2D eigenvalue weighted by molar-refractivity contribution is 6.02. The number of fused-ring (bicyclic) bond motifs is 1. The Kier molecular flexibility index (Phi) is 7.11. The van der Waals surface area contributed by atoms with Crippen molar-refractivity contribution < 1.29 is 18.3 Å². The Morgan fingerprint density at radius 2 is 2.00 bits per heavy atom. The predicted molar refractivity (Wildman–Crippen MR) is 147 cm³/mol. The Hall–Kier alpha value is -4.58. The molecule has 0 atom stereocenters. The molecular formula is C27H28F2N8O2. The molecule has 0 bridgehead atoms. The first-order valence-corrected chi connectivity index (χ1v) is 12.2. The molecule has 10 nitrogen and oxygen atoms in total. The molecule has 0 radical (unpaired) electrons. The number of nitrogens with zero attached hydrogens (tertiary/aromatic N) is 6. The highest BCUT2D eigenvalue weighted by Crippen LogP contribution is 2.41. The first kappa shape index (κ1) is 26.0. The van der Waals surface area contributed by atoms with Gasteiger partial charge in [-0.1, -0.05) is 6.58 Å². The van der Waals surface area contributed by atoms with E-state index >= 15 is 0 Å². The van der Waals surface area contributed by atoms with Crippen molar-refractivity contribution >= 4 is 40.0 Å². The third kappa shape index (κ3) is 5.36. The summed E-state index contributed by atoms with van der Waals surface area (Å²) in [4.78, 5) is 29.6. The fourth-order valence-electron chi connectivity index (χ4n) is 4.47. The Balaban J connectivity index is 1.52. The smallest absolute Gasteiger partial charge is 0.387 e. The van der Waals surface area contributed by atoms with Crippen LogP contribution < -0.4 is 20.3 Å². The molecule has 0 unspecified atom stereocenters. The van der Waals surface area contributed by atoms with Crippen LogP contribution in [-0.2, 0) is 11.8 Å². The van der Waals surface area contributed by atoms with E-state index in [1.807, 2.05) is 48.9 Å². The first-order chi connectivity index (χ1) is 18.7. The van der Waals surface area contributed by atoms with Crippen molar-refractivity contribution in [2.75, 3.05) is 42.7 Å². The van der Waals surface area contributed by atoms with E-state index in [1.165, 1.54) is 12.1 Å². The molecule has 1 aliphatic heterocycles. The van der Waals surface area contributed by atoms with E-state index < -0.39 is 12.5 Å². The quantitative estimate of drug-likeness (QED) is 0.308. The predicted octanol–water partition coefficient (Wildman–Crippen LogP) is 4.25. The Morgan fingerprint density at radius 3 is 2.72 bits per heavy atom. The molecule has 1 saturated heterocycles. The molecule has 5 rings (SSSR count). The summed E-state index contributed by atoms with van der Waals surface area (Å²) in [6, 6.07) is 8.88. The number of anilines is 4. The Morgan fingerprint density at radius 1 is 1.21 bits per heavy atom. The number of ether oxygens (including phenoxy) is 1. The second kappa shape index (κ2) is 10.7. The average Bonchev–Trinajstić information content (AvgIpc) is 3.21. The van der Waals surface area contributed by atoms with Gasteiger partial charge in [-0.3, -0.25) is 9.78 Å². The summed E-state index contributed by atoms with van der Waals surface area (Å²) in [5, 5.41) is 5.77. The van der Waals surface area contributed by atoms with Gasteiger partial charge in [-0.2, -0.15) is 8.78 Å². The summed E-state index contributed by atoms with van der Waals surface area (Å²) >= 11 is 0. The molecule has 202 valence electrons. The fraction of sp³-hybridized carbons (Fsp3) is 0.259. The minimum absolute atomic E-state index is 0.106. The topological polar surface area (TPSA) is 100 Å². The van der Waals surface area contributed by atoms with Crippen molar-refractivity contribution in [1.29, 1.82) is 0 Å². The van der Waals surface area contributed by atoms with Crippen LogP contribution in [0.25, 0.3) is 22.3 Å². The first-order valence-electron chi connectivity index (χ1n) is 12.2. The monoisotopic (exact) mass is 534 g/mol. The lowest BCUT2D eigenvalue weighted by molar-refractivity contribution is -0.111. The summed E-state index contributed by atoms with van der Waals surface area (Å²) in [5.74, 6) is -0.383. The molecule has 1 amide bonds. The maximum atomic E-state index is 13.4.